The molecule has 0 bridgehead atoms. The van der Waals surface area contributed by atoms with Crippen LogP contribution in [0.1, 0.15) is 335 Å². The van der Waals surface area contributed by atoms with Crippen molar-refractivity contribution in [3.05, 3.63) is 48.6 Å². The Hall–Kier alpha value is -2.63. The minimum atomic E-state index is -0.775. The van der Waals surface area contributed by atoms with Gasteiger partial charge in [0.25, 0.3) is 0 Å². The zero-order valence-corrected chi connectivity index (χ0v) is 48.2. The topological polar surface area (TPSA) is 78.9 Å². The van der Waals surface area contributed by atoms with Crippen LogP contribution in [0.25, 0.3) is 0 Å². The molecule has 0 N–H and O–H groups in total. The van der Waals surface area contributed by atoms with Crippen molar-refractivity contribution in [3.8, 4) is 0 Å². The maximum absolute atomic E-state index is 12.9. The molecule has 0 rings (SSSR count). The van der Waals surface area contributed by atoms with Gasteiger partial charge in [-0.3, -0.25) is 14.4 Å². The molecule has 0 aliphatic heterocycles. The van der Waals surface area contributed by atoms with Gasteiger partial charge >= 0.3 is 17.9 Å². The fraction of sp³-hybridized carbons (Fsp3) is 0.833. The molecular formula is C66H120O6. The van der Waals surface area contributed by atoms with Crippen LogP contribution in [-0.2, 0) is 28.6 Å². The zero-order chi connectivity index (χ0) is 52.2. The summed E-state index contributed by atoms with van der Waals surface area (Å²) in [6.07, 6.45) is 75.4. The second kappa shape index (κ2) is 60.9. The maximum atomic E-state index is 12.9. The molecule has 0 spiro atoms. The first-order valence-corrected chi connectivity index (χ1v) is 31.6. The average Bonchev–Trinajstić information content (AvgIpc) is 3.38. The van der Waals surface area contributed by atoms with Crippen LogP contribution in [0.4, 0.5) is 0 Å². The van der Waals surface area contributed by atoms with E-state index in [9.17, 15) is 14.4 Å². The van der Waals surface area contributed by atoms with E-state index in [0.717, 1.165) is 77.0 Å². The molecule has 0 aromatic carbocycles. The van der Waals surface area contributed by atoms with E-state index in [1.54, 1.807) is 0 Å². The van der Waals surface area contributed by atoms with Crippen molar-refractivity contribution >= 4 is 17.9 Å². The van der Waals surface area contributed by atoms with Crippen LogP contribution in [0.3, 0.4) is 0 Å². The van der Waals surface area contributed by atoms with Crippen LogP contribution in [0.15, 0.2) is 48.6 Å². The number of carbonyl (C=O) groups excluding carboxylic acids is 3. The molecule has 0 aromatic heterocycles. The number of esters is 3. The molecule has 0 fully saturated rings. The van der Waals surface area contributed by atoms with Crippen LogP contribution >= 0.6 is 0 Å². The third-order valence-corrected chi connectivity index (χ3v) is 14.1. The van der Waals surface area contributed by atoms with Crippen molar-refractivity contribution in [2.45, 2.75) is 341 Å². The van der Waals surface area contributed by atoms with Gasteiger partial charge in [0, 0.05) is 19.3 Å². The van der Waals surface area contributed by atoms with E-state index in [-0.39, 0.29) is 31.1 Å². The highest BCUT2D eigenvalue weighted by Crippen LogP contribution is 2.17. The quantitative estimate of drug-likeness (QED) is 0.0261. The molecule has 0 heterocycles. The monoisotopic (exact) mass is 1010 g/mol. The van der Waals surface area contributed by atoms with E-state index in [1.165, 1.54) is 218 Å². The molecule has 72 heavy (non-hydrogen) atoms. The van der Waals surface area contributed by atoms with E-state index in [4.69, 9.17) is 14.2 Å². The van der Waals surface area contributed by atoms with E-state index in [2.05, 4.69) is 69.4 Å². The second-order valence-electron chi connectivity index (χ2n) is 21.3. The van der Waals surface area contributed by atoms with Crippen molar-refractivity contribution in [1.29, 1.82) is 0 Å². The molecule has 0 aromatic rings. The summed E-state index contributed by atoms with van der Waals surface area (Å²) in [5.41, 5.74) is 0. The Labute approximate surface area is 448 Å². The Morgan fingerprint density at radius 3 is 0.861 bits per heavy atom. The lowest BCUT2D eigenvalue weighted by Crippen LogP contribution is -2.30. The van der Waals surface area contributed by atoms with Crippen LogP contribution in [0.5, 0.6) is 0 Å². The Kier molecular flexibility index (Phi) is 58.7. The van der Waals surface area contributed by atoms with Crippen molar-refractivity contribution in [2.75, 3.05) is 13.2 Å². The second-order valence-corrected chi connectivity index (χ2v) is 21.3. The number of hydrogen-bond donors (Lipinski definition) is 0. The number of unbranched alkanes of at least 4 members (excludes halogenated alkanes) is 39. The lowest BCUT2D eigenvalue weighted by atomic mass is 10.0. The first-order valence-electron chi connectivity index (χ1n) is 31.6. The Morgan fingerprint density at radius 1 is 0.292 bits per heavy atom. The first kappa shape index (κ1) is 69.4. The van der Waals surface area contributed by atoms with Gasteiger partial charge in [0.1, 0.15) is 13.2 Å². The van der Waals surface area contributed by atoms with E-state index >= 15 is 0 Å². The third kappa shape index (κ3) is 58.3. The summed E-state index contributed by atoms with van der Waals surface area (Å²) < 4.78 is 16.9. The molecular weight excluding hydrogens is 889 g/mol. The molecule has 6 heteroatoms. The molecule has 0 aliphatic rings. The SMILES string of the molecule is CC/C=C\C/C=C\C/C=C\CCCCCCCCCCCC(=O)OCC(COC(=O)CCCCCCCCC/C=C\CCCCCCCC)OC(=O)CCCCCCCCCCCCCCCCCCCC. The van der Waals surface area contributed by atoms with Gasteiger partial charge in [-0.15, -0.1) is 0 Å². The highest BCUT2D eigenvalue weighted by atomic mass is 16.6. The van der Waals surface area contributed by atoms with Crippen LogP contribution < -0.4 is 0 Å². The summed E-state index contributed by atoms with van der Waals surface area (Å²) in [5, 5.41) is 0. The molecule has 1 atom stereocenters. The number of rotatable bonds is 58. The molecule has 420 valence electrons. The Morgan fingerprint density at radius 2 is 0.542 bits per heavy atom. The average molecular weight is 1010 g/mol. The smallest absolute Gasteiger partial charge is 0.306 e. The lowest BCUT2D eigenvalue weighted by Gasteiger charge is -2.18. The summed E-state index contributed by atoms with van der Waals surface area (Å²) in [7, 11) is 0. The summed E-state index contributed by atoms with van der Waals surface area (Å²) in [5.74, 6) is -0.861. The van der Waals surface area contributed by atoms with Crippen LogP contribution in [-0.4, -0.2) is 37.2 Å². The van der Waals surface area contributed by atoms with Gasteiger partial charge < -0.3 is 14.2 Å². The zero-order valence-electron chi connectivity index (χ0n) is 48.2. The Balaban J connectivity index is 4.35. The van der Waals surface area contributed by atoms with Crippen molar-refractivity contribution in [1.82, 2.24) is 0 Å². The molecule has 6 nitrogen and oxygen atoms in total. The van der Waals surface area contributed by atoms with Crippen molar-refractivity contribution in [2.24, 2.45) is 0 Å². The Bertz CT molecular complexity index is 1250. The highest BCUT2D eigenvalue weighted by molar-refractivity contribution is 5.71. The molecule has 0 saturated carbocycles. The summed E-state index contributed by atoms with van der Waals surface area (Å²) in [6, 6.07) is 0. The minimum absolute atomic E-state index is 0.0733. The summed E-state index contributed by atoms with van der Waals surface area (Å²) in [6.45, 7) is 6.57. The highest BCUT2D eigenvalue weighted by Gasteiger charge is 2.19. The largest absolute Gasteiger partial charge is 0.462 e. The summed E-state index contributed by atoms with van der Waals surface area (Å²) >= 11 is 0. The molecule has 0 amide bonds. The molecule has 0 aliphatic carbocycles. The van der Waals surface area contributed by atoms with Gasteiger partial charge in [0.2, 0.25) is 0 Å². The normalized spacial score (nSPS) is 12.3. The van der Waals surface area contributed by atoms with Gasteiger partial charge in [0.15, 0.2) is 6.10 Å². The van der Waals surface area contributed by atoms with Crippen molar-refractivity contribution < 1.29 is 28.6 Å². The molecule has 0 radical (unpaired) electrons. The standard InChI is InChI=1S/C66H120O6/c1-4-7-10-13-16-19-22-25-28-31-33-36-38-41-44-47-50-53-56-59-65(68)71-62-63(61-70-64(67)58-55-52-49-46-43-40-37-34-30-27-24-21-18-15-12-9-6-3)72-66(69)60-57-54-51-48-45-42-39-35-32-29-26-23-20-17-14-11-8-5-2/h7,10,16,19,25,27-28,30,63H,4-6,8-9,11-15,17-18,20-24,26,29,31-62H2,1-3H3/b10-7-,19-16-,28-25-,30-27-. The van der Waals surface area contributed by atoms with Crippen LogP contribution in [0.2, 0.25) is 0 Å². The molecule has 1 unspecified atom stereocenters. The van der Waals surface area contributed by atoms with Gasteiger partial charge in [0.05, 0.1) is 0 Å². The fourth-order valence-electron chi connectivity index (χ4n) is 9.34. The predicted molar refractivity (Wildman–Crippen MR) is 312 cm³/mol. The number of ether oxygens (including phenoxy) is 3. The van der Waals surface area contributed by atoms with E-state index < -0.39 is 6.10 Å². The van der Waals surface area contributed by atoms with Gasteiger partial charge in [-0.25, -0.2) is 0 Å². The van der Waals surface area contributed by atoms with Gasteiger partial charge in [-0.2, -0.15) is 0 Å². The maximum Gasteiger partial charge on any atom is 0.306 e. The predicted octanol–water partition coefficient (Wildman–Crippen LogP) is 21.4. The number of allylic oxidation sites excluding steroid dienone is 8. The number of hydrogen-bond acceptors (Lipinski definition) is 6. The van der Waals surface area contributed by atoms with Crippen molar-refractivity contribution in [3.63, 3.8) is 0 Å². The van der Waals surface area contributed by atoms with Gasteiger partial charge in [-0.05, 0) is 77.0 Å². The van der Waals surface area contributed by atoms with E-state index in [0.29, 0.717) is 19.3 Å². The van der Waals surface area contributed by atoms with Crippen LogP contribution in [0, 0.1) is 0 Å². The lowest BCUT2D eigenvalue weighted by molar-refractivity contribution is -0.167. The number of carbonyl (C=O) groups is 3. The minimum Gasteiger partial charge on any atom is -0.462 e. The first-order chi connectivity index (χ1) is 35.5. The van der Waals surface area contributed by atoms with E-state index in [1.807, 2.05) is 0 Å². The van der Waals surface area contributed by atoms with Gasteiger partial charge in [-0.1, -0.05) is 288 Å². The fourth-order valence-corrected chi connectivity index (χ4v) is 9.34. The summed E-state index contributed by atoms with van der Waals surface area (Å²) in [4.78, 5) is 38.3. The molecule has 0 saturated heterocycles. The third-order valence-electron chi connectivity index (χ3n) is 14.1.